The number of nitrogens with zero attached hydrogens (tertiary/aromatic N) is 1. The molecule has 1 aliphatic rings. The van der Waals surface area contributed by atoms with Gasteiger partial charge in [-0.15, -0.1) is 0 Å². The third kappa shape index (κ3) is 4.55. The Morgan fingerprint density at radius 2 is 2.24 bits per heavy atom. The Bertz CT molecular complexity index is 272. The van der Waals surface area contributed by atoms with Gasteiger partial charge in [0, 0.05) is 24.7 Å². The molecule has 0 aromatic rings. The van der Waals surface area contributed by atoms with Gasteiger partial charge in [-0.05, 0) is 6.42 Å². The summed E-state index contributed by atoms with van der Waals surface area (Å²) in [6.45, 7) is 3.55. The monoisotopic (exact) mass is 261 g/mol. The zero-order valence-electron chi connectivity index (χ0n) is 10.1. The molecule has 1 aliphatic heterocycles. The average molecular weight is 261 g/mol. The van der Waals surface area contributed by atoms with E-state index < -0.39 is 12.0 Å². The highest BCUT2D eigenvalue weighted by Gasteiger charge is 2.31. The molecule has 0 aromatic carbocycles. The molecular weight excluding hydrogens is 242 g/mol. The summed E-state index contributed by atoms with van der Waals surface area (Å²) in [7, 11) is 0. The van der Waals surface area contributed by atoms with Crippen LogP contribution in [0.3, 0.4) is 0 Å². The van der Waals surface area contributed by atoms with Gasteiger partial charge in [-0.25, -0.2) is 4.79 Å². The van der Waals surface area contributed by atoms with Crippen molar-refractivity contribution in [2.24, 2.45) is 0 Å². The zero-order valence-corrected chi connectivity index (χ0v) is 10.9. The molecule has 0 aromatic heterocycles. The van der Waals surface area contributed by atoms with E-state index in [0.29, 0.717) is 25.5 Å². The number of carbonyl (C=O) groups excluding carboxylic acids is 1. The molecule has 0 spiro atoms. The predicted octanol–water partition coefficient (Wildman–Crippen LogP) is 0.832. The van der Waals surface area contributed by atoms with Crippen LogP contribution in [0.4, 0.5) is 0 Å². The molecule has 1 fully saturated rings. The number of amides is 1. The summed E-state index contributed by atoms with van der Waals surface area (Å²) in [5, 5.41) is 9.03. The van der Waals surface area contributed by atoms with Crippen LogP contribution in [0.25, 0.3) is 0 Å². The van der Waals surface area contributed by atoms with Gasteiger partial charge >= 0.3 is 5.97 Å². The number of rotatable bonds is 6. The number of carbonyl (C=O) groups is 2. The third-order valence-electron chi connectivity index (χ3n) is 2.54. The normalized spacial score (nSPS) is 20.3. The van der Waals surface area contributed by atoms with Gasteiger partial charge in [0.25, 0.3) is 0 Å². The van der Waals surface area contributed by atoms with Crippen molar-refractivity contribution >= 4 is 23.6 Å². The van der Waals surface area contributed by atoms with E-state index in [2.05, 4.69) is 0 Å². The topological polar surface area (TPSA) is 66.8 Å². The lowest BCUT2D eigenvalue weighted by molar-refractivity contribution is -0.149. The van der Waals surface area contributed by atoms with Crippen LogP contribution in [-0.2, 0) is 14.3 Å². The molecule has 1 amide bonds. The first kappa shape index (κ1) is 14.3. The van der Waals surface area contributed by atoms with E-state index in [1.165, 1.54) is 4.90 Å². The zero-order chi connectivity index (χ0) is 12.7. The van der Waals surface area contributed by atoms with Gasteiger partial charge in [0.15, 0.2) is 0 Å². The molecule has 0 radical (unpaired) electrons. The van der Waals surface area contributed by atoms with Crippen LogP contribution in [0.5, 0.6) is 0 Å². The van der Waals surface area contributed by atoms with Gasteiger partial charge in [-0.2, -0.15) is 11.8 Å². The van der Waals surface area contributed by atoms with Crippen LogP contribution in [0.1, 0.15) is 19.8 Å². The number of thioether (sulfide) groups is 1. The molecule has 0 bridgehead atoms. The van der Waals surface area contributed by atoms with Crippen LogP contribution in [-0.4, -0.2) is 59.2 Å². The van der Waals surface area contributed by atoms with E-state index >= 15 is 0 Å². The van der Waals surface area contributed by atoms with Crippen molar-refractivity contribution in [2.75, 3.05) is 31.3 Å². The molecule has 1 rings (SSSR count). The van der Waals surface area contributed by atoms with Crippen molar-refractivity contribution in [1.82, 2.24) is 4.90 Å². The SMILES string of the molecule is CCCOCCC(=O)N1CCSCC1C(=O)O. The first-order valence-corrected chi connectivity index (χ1v) is 7.00. The second kappa shape index (κ2) is 7.55. The molecule has 0 aliphatic carbocycles. The summed E-state index contributed by atoms with van der Waals surface area (Å²) < 4.78 is 5.24. The second-order valence-electron chi connectivity index (χ2n) is 3.88. The Hall–Kier alpha value is -0.750. The van der Waals surface area contributed by atoms with Crippen LogP contribution >= 0.6 is 11.8 Å². The van der Waals surface area contributed by atoms with Crippen molar-refractivity contribution in [3.8, 4) is 0 Å². The fourth-order valence-corrected chi connectivity index (χ4v) is 2.69. The summed E-state index contributed by atoms with van der Waals surface area (Å²) in [6.07, 6.45) is 1.20. The van der Waals surface area contributed by atoms with Gasteiger partial charge in [0.1, 0.15) is 6.04 Å². The maximum absolute atomic E-state index is 11.8. The van der Waals surface area contributed by atoms with Crippen molar-refractivity contribution in [2.45, 2.75) is 25.8 Å². The molecule has 1 N–H and O–H groups in total. The van der Waals surface area contributed by atoms with Crippen LogP contribution in [0.2, 0.25) is 0 Å². The van der Waals surface area contributed by atoms with Gasteiger partial charge < -0.3 is 14.7 Å². The maximum Gasteiger partial charge on any atom is 0.327 e. The minimum atomic E-state index is -0.917. The van der Waals surface area contributed by atoms with Gasteiger partial charge in [0.2, 0.25) is 5.91 Å². The van der Waals surface area contributed by atoms with Crippen molar-refractivity contribution in [1.29, 1.82) is 0 Å². The molecule has 1 atom stereocenters. The summed E-state index contributed by atoms with van der Waals surface area (Å²) in [6, 6.07) is -0.674. The highest BCUT2D eigenvalue weighted by Crippen LogP contribution is 2.17. The fraction of sp³-hybridized carbons (Fsp3) is 0.818. The summed E-state index contributed by atoms with van der Waals surface area (Å²) in [4.78, 5) is 24.3. The van der Waals surface area contributed by atoms with Crippen molar-refractivity contribution in [3.63, 3.8) is 0 Å². The molecule has 0 saturated carbocycles. The molecular formula is C11H19NO4S. The Morgan fingerprint density at radius 3 is 2.88 bits per heavy atom. The number of hydrogen-bond acceptors (Lipinski definition) is 4. The summed E-state index contributed by atoms with van der Waals surface area (Å²) in [5.41, 5.74) is 0. The lowest BCUT2D eigenvalue weighted by Gasteiger charge is -2.32. The molecule has 6 heteroatoms. The summed E-state index contributed by atoms with van der Waals surface area (Å²) in [5.74, 6) is 0.260. The largest absolute Gasteiger partial charge is 0.480 e. The molecule has 1 heterocycles. The molecule has 17 heavy (non-hydrogen) atoms. The number of carboxylic acids is 1. The smallest absolute Gasteiger partial charge is 0.327 e. The first-order chi connectivity index (χ1) is 8.16. The summed E-state index contributed by atoms with van der Waals surface area (Å²) >= 11 is 1.58. The molecule has 1 saturated heterocycles. The van der Waals surface area contributed by atoms with E-state index in [4.69, 9.17) is 9.84 Å². The minimum absolute atomic E-state index is 0.117. The fourth-order valence-electron chi connectivity index (χ4n) is 1.66. The molecule has 1 unspecified atom stereocenters. The lowest BCUT2D eigenvalue weighted by Crippen LogP contribution is -2.50. The first-order valence-electron chi connectivity index (χ1n) is 5.84. The predicted molar refractivity (Wildman–Crippen MR) is 66.2 cm³/mol. The highest BCUT2D eigenvalue weighted by molar-refractivity contribution is 7.99. The quantitative estimate of drug-likeness (QED) is 0.717. The standard InChI is InChI=1S/C11H19NO4S/c1-2-5-16-6-3-10(13)12-4-7-17-8-9(12)11(14)15/h9H,2-8H2,1H3,(H,14,15). The van der Waals surface area contributed by atoms with Crippen LogP contribution in [0.15, 0.2) is 0 Å². The minimum Gasteiger partial charge on any atom is -0.480 e. The van der Waals surface area contributed by atoms with E-state index in [-0.39, 0.29) is 12.3 Å². The third-order valence-corrected chi connectivity index (χ3v) is 3.57. The molecule has 98 valence electrons. The Balaban J connectivity index is 2.39. The Kier molecular flexibility index (Phi) is 6.36. The Morgan fingerprint density at radius 1 is 1.47 bits per heavy atom. The number of carboxylic acid groups (broad SMARTS) is 1. The van der Waals surface area contributed by atoms with E-state index in [1.54, 1.807) is 11.8 Å². The van der Waals surface area contributed by atoms with Crippen LogP contribution in [0, 0.1) is 0 Å². The Labute approximate surface area is 105 Å². The maximum atomic E-state index is 11.8. The molecule has 5 nitrogen and oxygen atoms in total. The van der Waals surface area contributed by atoms with E-state index in [9.17, 15) is 9.59 Å². The van der Waals surface area contributed by atoms with Gasteiger partial charge in [0.05, 0.1) is 13.0 Å². The number of aliphatic carboxylic acids is 1. The number of hydrogen-bond donors (Lipinski definition) is 1. The van der Waals surface area contributed by atoms with Gasteiger partial charge in [-0.3, -0.25) is 4.79 Å². The number of ether oxygens (including phenoxy) is 1. The van der Waals surface area contributed by atoms with Crippen molar-refractivity contribution in [3.05, 3.63) is 0 Å². The van der Waals surface area contributed by atoms with Crippen LogP contribution < -0.4 is 0 Å². The van der Waals surface area contributed by atoms with Gasteiger partial charge in [-0.1, -0.05) is 6.92 Å². The average Bonchev–Trinajstić information content (AvgIpc) is 2.34. The van der Waals surface area contributed by atoms with E-state index in [1.807, 2.05) is 6.92 Å². The van der Waals surface area contributed by atoms with Crippen molar-refractivity contribution < 1.29 is 19.4 Å². The highest BCUT2D eigenvalue weighted by atomic mass is 32.2. The van der Waals surface area contributed by atoms with E-state index in [0.717, 1.165) is 12.2 Å². The lowest BCUT2D eigenvalue weighted by atomic mass is 10.2. The second-order valence-corrected chi connectivity index (χ2v) is 5.03.